The second-order valence-electron chi connectivity index (χ2n) is 6.01. The first kappa shape index (κ1) is 11.5. The predicted molar refractivity (Wildman–Crippen MR) is 64.4 cm³/mol. The minimum Gasteiger partial charge on any atom is -0.386 e. The van der Waals surface area contributed by atoms with E-state index in [4.69, 9.17) is 0 Å². The van der Waals surface area contributed by atoms with Crippen LogP contribution in [0.15, 0.2) is 0 Å². The average molecular weight is 238 g/mol. The Bertz CT molecular complexity index is 325. The molecule has 1 amide bonds. The van der Waals surface area contributed by atoms with Gasteiger partial charge < -0.3 is 15.3 Å². The molecule has 2 aliphatic heterocycles. The van der Waals surface area contributed by atoms with E-state index in [1.54, 1.807) is 0 Å². The Labute approximate surface area is 102 Å². The molecule has 96 valence electrons. The predicted octanol–water partition coefficient (Wildman–Crippen LogP) is 0.358. The molecule has 2 N–H and O–H groups in total. The summed E-state index contributed by atoms with van der Waals surface area (Å²) >= 11 is 0. The van der Waals surface area contributed by atoms with Crippen LogP contribution >= 0.6 is 0 Å². The van der Waals surface area contributed by atoms with E-state index in [9.17, 15) is 9.90 Å². The van der Waals surface area contributed by atoms with E-state index in [-0.39, 0.29) is 11.9 Å². The van der Waals surface area contributed by atoms with Crippen LogP contribution in [0.5, 0.6) is 0 Å². The first-order valence-electron chi connectivity index (χ1n) is 6.87. The topological polar surface area (TPSA) is 52.6 Å². The molecule has 3 rings (SSSR count). The SMILES string of the molecule is CCC1(O)CN(C(=O)C2NCC3CCCC32)C1. The Hall–Kier alpha value is -0.610. The molecule has 3 atom stereocenters. The van der Waals surface area contributed by atoms with Gasteiger partial charge in [0.2, 0.25) is 5.91 Å². The van der Waals surface area contributed by atoms with Gasteiger partial charge in [-0.2, -0.15) is 0 Å². The zero-order valence-electron chi connectivity index (χ0n) is 10.5. The number of hydrogen-bond donors (Lipinski definition) is 2. The molecule has 0 bridgehead atoms. The Balaban J connectivity index is 1.61. The van der Waals surface area contributed by atoms with E-state index in [0.29, 0.717) is 19.0 Å². The molecule has 1 saturated carbocycles. The fourth-order valence-corrected chi connectivity index (χ4v) is 3.70. The van der Waals surface area contributed by atoms with Crippen molar-refractivity contribution < 1.29 is 9.90 Å². The summed E-state index contributed by atoms with van der Waals surface area (Å²) in [5, 5.41) is 13.3. The second-order valence-corrected chi connectivity index (χ2v) is 6.01. The fourth-order valence-electron chi connectivity index (χ4n) is 3.70. The van der Waals surface area contributed by atoms with E-state index in [2.05, 4.69) is 5.32 Å². The van der Waals surface area contributed by atoms with E-state index < -0.39 is 5.60 Å². The van der Waals surface area contributed by atoms with Crippen molar-refractivity contribution in [3.8, 4) is 0 Å². The number of aliphatic hydroxyl groups is 1. The molecule has 17 heavy (non-hydrogen) atoms. The number of carbonyl (C=O) groups excluding carboxylic acids is 1. The minimum absolute atomic E-state index is 0.0314. The smallest absolute Gasteiger partial charge is 0.240 e. The summed E-state index contributed by atoms with van der Waals surface area (Å²) in [5.41, 5.74) is -0.608. The van der Waals surface area contributed by atoms with Crippen molar-refractivity contribution in [3.05, 3.63) is 0 Å². The molecule has 2 saturated heterocycles. The highest BCUT2D eigenvalue weighted by molar-refractivity contribution is 5.83. The summed E-state index contributed by atoms with van der Waals surface area (Å²) < 4.78 is 0. The maximum atomic E-state index is 12.3. The Kier molecular flexibility index (Phi) is 2.67. The van der Waals surface area contributed by atoms with Gasteiger partial charge in [0.1, 0.15) is 0 Å². The second kappa shape index (κ2) is 3.95. The highest BCUT2D eigenvalue weighted by Crippen LogP contribution is 2.39. The lowest BCUT2D eigenvalue weighted by molar-refractivity contribution is -0.158. The molecule has 4 nitrogen and oxygen atoms in total. The van der Waals surface area contributed by atoms with Gasteiger partial charge >= 0.3 is 0 Å². The Morgan fingerprint density at radius 3 is 2.94 bits per heavy atom. The van der Waals surface area contributed by atoms with Gasteiger partial charge in [0, 0.05) is 0 Å². The molecule has 2 heterocycles. The average Bonchev–Trinajstić information content (AvgIpc) is 2.85. The van der Waals surface area contributed by atoms with Crippen LogP contribution in [0.1, 0.15) is 32.6 Å². The Morgan fingerprint density at radius 2 is 2.24 bits per heavy atom. The minimum atomic E-state index is -0.608. The molecule has 4 heteroatoms. The van der Waals surface area contributed by atoms with Crippen molar-refractivity contribution in [2.45, 2.75) is 44.2 Å². The molecule has 3 aliphatic rings. The number of amides is 1. The molecule has 1 aliphatic carbocycles. The van der Waals surface area contributed by atoms with Crippen molar-refractivity contribution in [1.29, 1.82) is 0 Å². The molecule has 0 aromatic heterocycles. The van der Waals surface area contributed by atoms with Gasteiger partial charge in [-0.15, -0.1) is 0 Å². The summed E-state index contributed by atoms with van der Waals surface area (Å²) in [6.07, 6.45) is 4.49. The highest BCUT2D eigenvalue weighted by Gasteiger charge is 2.48. The van der Waals surface area contributed by atoms with Crippen LogP contribution in [0.4, 0.5) is 0 Å². The number of nitrogens with one attached hydrogen (secondary N) is 1. The van der Waals surface area contributed by atoms with E-state index in [0.717, 1.165) is 18.9 Å². The molecular weight excluding hydrogens is 216 g/mol. The number of rotatable bonds is 2. The molecule has 3 fully saturated rings. The van der Waals surface area contributed by atoms with E-state index >= 15 is 0 Å². The third kappa shape index (κ3) is 1.78. The van der Waals surface area contributed by atoms with Gasteiger partial charge in [-0.25, -0.2) is 0 Å². The number of fused-ring (bicyclic) bond motifs is 1. The maximum Gasteiger partial charge on any atom is 0.240 e. The van der Waals surface area contributed by atoms with E-state index in [1.165, 1.54) is 19.3 Å². The normalized spacial score (nSPS) is 38.9. The molecule has 3 unspecified atom stereocenters. The zero-order valence-corrected chi connectivity index (χ0v) is 10.5. The largest absolute Gasteiger partial charge is 0.386 e. The van der Waals surface area contributed by atoms with Crippen molar-refractivity contribution in [1.82, 2.24) is 10.2 Å². The summed E-state index contributed by atoms with van der Waals surface area (Å²) in [7, 11) is 0. The quantitative estimate of drug-likeness (QED) is 0.730. The lowest BCUT2D eigenvalue weighted by Crippen LogP contribution is -2.66. The molecular formula is C13H22N2O2. The van der Waals surface area contributed by atoms with Crippen LogP contribution in [0.2, 0.25) is 0 Å². The van der Waals surface area contributed by atoms with Crippen LogP contribution in [0.3, 0.4) is 0 Å². The van der Waals surface area contributed by atoms with E-state index in [1.807, 2.05) is 11.8 Å². The lowest BCUT2D eigenvalue weighted by atomic mass is 9.88. The third-order valence-corrected chi connectivity index (χ3v) is 4.95. The van der Waals surface area contributed by atoms with Crippen LogP contribution in [-0.4, -0.2) is 47.2 Å². The molecule has 0 aromatic carbocycles. The lowest BCUT2D eigenvalue weighted by Gasteiger charge is -2.47. The summed E-state index contributed by atoms with van der Waals surface area (Å²) in [5.74, 6) is 1.49. The number of hydrogen-bond acceptors (Lipinski definition) is 3. The van der Waals surface area contributed by atoms with Gasteiger partial charge in [0.05, 0.1) is 24.7 Å². The van der Waals surface area contributed by atoms with Crippen molar-refractivity contribution in [3.63, 3.8) is 0 Å². The standard InChI is InChI=1S/C13H22N2O2/c1-2-13(17)7-15(8-13)12(16)11-10-5-3-4-9(10)6-14-11/h9-11,14,17H,2-8H2,1H3. The third-order valence-electron chi connectivity index (χ3n) is 4.95. The van der Waals surface area contributed by atoms with Gasteiger partial charge in [0.25, 0.3) is 0 Å². The summed E-state index contributed by atoms with van der Waals surface area (Å²) in [6, 6.07) is 0.0314. The summed E-state index contributed by atoms with van der Waals surface area (Å²) in [4.78, 5) is 14.1. The monoisotopic (exact) mass is 238 g/mol. The van der Waals surface area contributed by atoms with Crippen molar-refractivity contribution >= 4 is 5.91 Å². The number of likely N-dealkylation sites (tertiary alicyclic amines) is 1. The molecule has 0 spiro atoms. The number of carbonyl (C=O) groups is 1. The first-order chi connectivity index (χ1) is 8.13. The van der Waals surface area contributed by atoms with Crippen LogP contribution in [0, 0.1) is 11.8 Å². The Morgan fingerprint density at radius 1 is 1.47 bits per heavy atom. The van der Waals surface area contributed by atoms with Crippen LogP contribution in [0.25, 0.3) is 0 Å². The van der Waals surface area contributed by atoms with Crippen molar-refractivity contribution in [2.24, 2.45) is 11.8 Å². The van der Waals surface area contributed by atoms with Gasteiger partial charge in [0.15, 0.2) is 0 Å². The number of nitrogens with zero attached hydrogens (tertiary/aromatic N) is 1. The fraction of sp³-hybridized carbons (Fsp3) is 0.923. The number of β-amino-alcohol motifs (C(OH)–C–C–N with tert-alkyl or cyclic N) is 1. The van der Waals surface area contributed by atoms with Crippen LogP contribution < -0.4 is 5.32 Å². The van der Waals surface area contributed by atoms with Crippen molar-refractivity contribution in [2.75, 3.05) is 19.6 Å². The van der Waals surface area contributed by atoms with Gasteiger partial charge in [-0.05, 0) is 37.6 Å². The van der Waals surface area contributed by atoms with Crippen LogP contribution in [-0.2, 0) is 4.79 Å². The molecule has 0 aromatic rings. The summed E-state index contributed by atoms with van der Waals surface area (Å²) in [6.45, 7) is 4.03. The van der Waals surface area contributed by atoms with Gasteiger partial charge in [-0.3, -0.25) is 4.79 Å². The molecule has 0 radical (unpaired) electrons. The van der Waals surface area contributed by atoms with Gasteiger partial charge in [-0.1, -0.05) is 13.3 Å². The highest BCUT2D eigenvalue weighted by atomic mass is 16.3. The maximum absolute atomic E-state index is 12.3. The first-order valence-corrected chi connectivity index (χ1v) is 6.87. The zero-order chi connectivity index (χ0) is 12.0.